The van der Waals surface area contributed by atoms with Crippen molar-refractivity contribution in [2.24, 2.45) is 51.8 Å². The third-order valence-electron chi connectivity index (χ3n) is 10.2. The van der Waals surface area contributed by atoms with Crippen molar-refractivity contribution >= 4 is 0 Å². The Balaban J connectivity index is 1.51. The Hall–Kier alpha value is -0.0800. The standard InChI is InChI=1S/C25H44O2/c1-23(2,15-26)22-9-8-21-20-7-6-17-14-24(3,16-27-5)12-10-18(17)19(20)11-13-25(21,22)4/h17-22,26H,6-16H2,1-5H3/t17-,18+,19-,20-,21+,22-,24+,25+/m1/s1. The van der Waals surface area contributed by atoms with E-state index in [9.17, 15) is 5.11 Å². The number of hydrogen-bond donors (Lipinski definition) is 1. The second-order valence-electron chi connectivity index (χ2n) is 12.2. The molecule has 0 aromatic rings. The number of methoxy groups -OCH3 is 1. The highest BCUT2D eigenvalue weighted by Gasteiger charge is 2.59. The first-order chi connectivity index (χ1) is 12.7. The first kappa shape index (κ1) is 20.2. The van der Waals surface area contributed by atoms with E-state index in [0.29, 0.717) is 23.4 Å². The highest BCUT2D eigenvalue weighted by atomic mass is 16.5. The predicted molar refractivity (Wildman–Crippen MR) is 111 cm³/mol. The first-order valence-electron chi connectivity index (χ1n) is 11.8. The van der Waals surface area contributed by atoms with Gasteiger partial charge in [0.25, 0.3) is 0 Å². The lowest BCUT2D eigenvalue weighted by Gasteiger charge is -2.58. The molecule has 0 aromatic heterocycles. The van der Waals surface area contributed by atoms with Crippen molar-refractivity contribution in [2.75, 3.05) is 20.3 Å². The van der Waals surface area contributed by atoms with Gasteiger partial charge in [-0.25, -0.2) is 0 Å². The summed E-state index contributed by atoms with van der Waals surface area (Å²) in [6.45, 7) is 11.0. The maximum Gasteiger partial charge on any atom is 0.0516 e. The zero-order valence-corrected chi connectivity index (χ0v) is 18.6. The smallest absolute Gasteiger partial charge is 0.0516 e. The molecule has 1 N–H and O–H groups in total. The second-order valence-corrected chi connectivity index (χ2v) is 12.2. The van der Waals surface area contributed by atoms with Crippen molar-refractivity contribution in [3.8, 4) is 0 Å². The summed E-state index contributed by atoms with van der Waals surface area (Å²) >= 11 is 0. The molecule has 0 heterocycles. The van der Waals surface area contributed by atoms with Crippen molar-refractivity contribution in [1.29, 1.82) is 0 Å². The minimum atomic E-state index is 0.0837. The molecule has 2 heteroatoms. The van der Waals surface area contributed by atoms with Gasteiger partial charge >= 0.3 is 0 Å². The van der Waals surface area contributed by atoms with E-state index in [2.05, 4.69) is 27.7 Å². The van der Waals surface area contributed by atoms with Crippen LogP contribution in [0, 0.1) is 51.8 Å². The molecule has 0 aliphatic heterocycles. The number of hydrogen-bond acceptors (Lipinski definition) is 2. The van der Waals surface area contributed by atoms with Crippen molar-refractivity contribution in [3.63, 3.8) is 0 Å². The molecule has 0 bridgehead atoms. The van der Waals surface area contributed by atoms with E-state index in [0.717, 1.165) is 36.2 Å². The normalized spacial score (nSPS) is 50.0. The van der Waals surface area contributed by atoms with Crippen LogP contribution >= 0.6 is 0 Å². The van der Waals surface area contributed by atoms with Crippen LogP contribution in [0.15, 0.2) is 0 Å². The molecule has 27 heavy (non-hydrogen) atoms. The van der Waals surface area contributed by atoms with Crippen molar-refractivity contribution in [1.82, 2.24) is 0 Å². The van der Waals surface area contributed by atoms with Gasteiger partial charge in [-0.2, -0.15) is 0 Å². The summed E-state index contributed by atoms with van der Waals surface area (Å²) in [4.78, 5) is 0. The topological polar surface area (TPSA) is 29.5 Å². The summed E-state index contributed by atoms with van der Waals surface area (Å²) in [5.41, 5.74) is 0.981. The summed E-state index contributed by atoms with van der Waals surface area (Å²) in [6.07, 6.45) is 12.8. The molecule has 4 aliphatic carbocycles. The van der Waals surface area contributed by atoms with E-state index < -0.39 is 0 Å². The Kier molecular flexibility index (Phi) is 5.25. The van der Waals surface area contributed by atoms with Crippen LogP contribution in [-0.4, -0.2) is 25.4 Å². The van der Waals surface area contributed by atoms with Gasteiger partial charge in [-0.15, -0.1) is 0 Å². The average Bonchev–Trinajstić information content (AvgIpc) is 2.99. The van der Waals surface area contributed by atoms with Crippen LogP contribution in [0.4, 0.5) is 0 Å². The zero-order valence-electron chi connectivity index (χ0n) is 18.6. The molecule has 156 valence electrons. The van der Waals surface area contributed by atoms with Gasteiger partial charge in [0.15, 0.2) is 0 Å². The van der Waals surface area contributed by atoms with Gasteiger partial charge in [0.2, 0.25) is 0 Å². The summed E-state index contributed by atoms with van der Waals surface area (Å²) in [5, 5.41) is 10.0. The van der Waals surface area contributed by atoms with Crippen LogP contribution in [0.3, 0.4) is 0 Å². The Morgan fingerprint density at radius 1 is 0.926 bits per heavy atom. The lowest BCUT2D eigenvalue weighted by atomic mass is 9.47. The van der Waals surface area contributed by atoms with E-state index >= 15 is 0 Å². The maximum absolute atomic E-state index is 10.0. The number of ether oxygens (including phenoxy) is 1. The van der Waals surface area contributed by atoms with Crippen LogP contribution in [0.2, 0.25) is 0 Å². The first-order valence-corrected chi connectivity index (χ1v) is 11.8. The summed E-state index contributed by atoms with van der Waals surface area (Å²) in [7, 11) is 1.88. The van der Waals surface area contributed by atoms with Crippen LogP contribution in [0.25, 0.3) is 0 Å². The SMILES string of the molecule is COC[C@@]1(C)CC[C@H]2[C@H](CC[C@@H]3[C@@H]2CC[C@]2(C)[C@@H](C(C)(C)CO)CC[C@@H]32)C1. The van der Waals surface area contributed by atoms with Crippen molar-refractivity contribution in [2.45, 2.75) is 85.5 Å². The van der Waals surface area contributed by atoms with E-state index in [1.165, 1.54) is 57.8 Å². The molecule has 0 aromatic carbocycles. The van der Waals surface area contributed by atoms with Crippen LogP contribution in [0.5, 0.6) is 0 Å². The summed E-state index contributed by atoms with van der Waals surface area (Å²) in [5.74, 6) is 5.52. The molecule has 0 spiro atoms. The quantitative estimate of drug-likeness (QED) is 0.659. The number of rotatable bonds is 4. The molecule has 0 saturated heterocycles. The van der Waals surface area contributed by atoms with E-state index in [1.54, 1.807) is 0 Å². The fraction of sp³-hybridized carbons (Fsp3) is 1.00. The Morgan fingerprint density at radius 2 is 1.67 bits per heavy atom. The van der Waals surface area contributed by atoms with Gasteiger partial charge in [0, 0.05) is 13.7 Å². The largest absolute Gasteiger partial charge is 0.396 e. The lowest BCUT2D eigenvalue weighted by molar-refractivity contribution is -0.100. The van der Waals surface area contributed by atoms with E-state index in [-0.39, 0.29) is 5.41 Å². The maximum atomic E-state index is 10.0. The second kappa shape index (κ2) is 7.01. The zero-order chi connectivity index (χ0) is 19.4. The molecular weight excluding hydrogens is 332 g/mol. The summed E-state index contributed by atoms with van der Waals surface area (Å²) < 4.78 is 5.57. The highest BCUT2D eigenvalue weighted by Crippen LogP contribution is 2.67. The van der Waals surface area contributed by atoms with Crippen LogP contribution in [0.1, 0.15) is 85.5 Å². The van der Waals surface area contributed by atoms with E-state index in [4.69, 9.17) is 4.74 Å². The summed E-state index contributed by atoms with van der Waals surface area (Å²) in [6, 6.07) is 0. The molecule has 4 fully saturated rings. The Labute approximate surface area is 167 Å². The Morgan fingerprint density at radius 3 is 2.37 bits per heavy atom. The average molecular weight is 377 g/mol. The fourth-order valence-electron chi connectivity index (χ4n) is 9.06. The van der Waals surface area contributed by atoms with E-state index in [1.807, 2.05) is 7.11 Å². The highest BCUT2D eigenvalue weighted by molar-refractivity contribution is 5.08. The number of aliphatic hydroxyl groups excluding tert-OH is 1. The predicted octanol–water partition coefficient (Wildman–Crippen LogP) is 5.93. The molecule has 8 atom stereocenters. The third-order valence-corrected chi connectivity index (χ3v) is 10.2. The molecule has 2 nitrogen and oxygen atoms in total. The van der Waals surface area contributed by atoms with Crippen LogP contribution < -0.4 is 0 Å². The van der Waals surface area contributed by atoms with Crippen molar-refractivity contribution < 1.29 is 9.84 Å². The molecule has 0 radical (unpaired) electrons. The molecule has 4 aliphatic rings. The fourth-order valence-corrected chi connectivity index (χ4v) is 9.06. The van der Waals surface area contributed by atoms with Crippen molar-refractivity contribution in [3.05, 3.63) is 0 Å². The Bertz CT molecular complexity index is 542. The van der Waals surface area contributed by atoms with Gasteiger partial charge in [0.1, 0.15) is 0 Å². The van der Waals surface area contributed by atoms with Gasteiger partial charge in [-0.1, -0.05) is 27.7 Å². The molecular formula is C25H44O2. The third kappa shape index (κ3) is 3.21. The lowest BCUT2D eigenvalue weighted by Crippen LogP contribution is -2.51. The molecule has 0 amide bonds. The molecule has 0 unspecified atom stereocenters. The monoisotopic (exact) mass is 376 g/mol. The van der Waals surface area contributed by atoms with Gasteiger partial charge in [-0.3, -0.25) is 0 Å². The number of fused-ring (bicyclic) bond motifs is 5. The van der Waals surface area contributed by atoms with Gasteiger partial charge in [-0.05, 0) is 110 Å². The molecule has 4 saturated carbocycles. The van der Waals surface area contributed by atoms with Gasteiger partial charge in [0.05, 0.1) is 6.61 Å². The minimum absolute atomic E-state index is 0.0837. The van der Waals surface area contributed by atoms with Crippen LogP contribution in [-0.2, 0) is 4.74 Å². The molecule has 4 rings (SSSR count). The minimum Gasteiger partial charge on any atom is -0.396 e. The number of aliphatic hydroxyl groups is 1. The van der Waals surface area contributed by atoms with Gasteiger partial charge < -0.3 is 9.84 Å².